The maximum atomic E-state index is 8.40. The lowest BCUT2D eigenvalue weighted by molar-refractivity contribution is 0.316. The summed E-state index contributed by atoms with van der Waals surface area (Å²) in [4.78, 5) is 0. The SMILES string of the molecule is CCSC1CCCC1NCCCCC(N)=NO. The van der Waals surface area contributed by atoms with Crippen LogP contribution in [0.2, 0.25) is 0 Å². The van der Waals surface area contributed by atoms with E-state index >= 15 is 0 Å². The molecule has 4 N–H and O–H groups in total. The molecular formula is C12H25N3OS. The molecule has 0 saturated heterocycles. The highest BCUT2D eigenvalue weighted by Crippen LogP contribution is 2.29. The fraction of sp³-hybridized carbons (Fsp3) is 0.917. The molecule has 0 aliphatic heterocycles. The molecule has 0 bridgehead atoms. The summed E-state index contributed by atoms with van der Waals surface area (Å²) in [5.41, 5.74) is 5.42. The summed E-state index contributed by atoms with van der Waals surface area (Å²) >= 11 is 2.08. The van der Waals surface area contributed by atoms with Gasteiger partial charge in [0.1, 0.15) is 5.84 Å². The third kappa shape index (κ3) is 5.64. The summed E-state index contributed by atoms with van der Waals surface area (Å²) in [6.07, 6.45) is 6.81. The number of thioether (sulfide) groups is 1. The lowest BCUT2D eigenvalue weighted by Crippen LogP contribution is -2.34. The van der Waals surface area contributed by atoms with E-state index in [0.717, 1.165) is 24.6 Å². The van der Waals surface area contributed by atoms with Gasteiger partial charge in [0.05, 0.1) is 0 Å². The zero-order valence-corrected chi connectivity index (χ0v) is 11.5. The number of nitrogens with one attached hydrogen (secondary N) is 1. The van der Waals surface area contributed by atoms with Crippen LogP contribution in [-0.2, 0) is 0 Å². The van der Waals surface area contributed by atoms with Crippen molar-refractivity contribution in [3.8, 4) is 0 Å². The monoisotopic (exact) mass is 259 g/mol. The first kappa shape index (κ1) is 14.6. The minimum Gasteiger partial charge on any atom is -0.409 e. The molecule has 1 aliphatic carbocycles. The largest absolute Gasteiger partial charge is 0.409 e. The number of oxime groups is 1. The standard InChI is InChI=1S/C12H25N3OS/c1-2-17-11-7-5-6-10(11)14-9-4-3-8-12(13)15-16/h10-11,14,16H,2-9H2,1H3,(H2,13,15). The topological polar surface area (TPSA) is 70.6 Å². The van der Waals surface area contributed by atoms with Crippen LogP contribution in [0.1, 0.15) is 45.4 Å². The van der Waals surface area contributed by atoms with Gasteiger partial charge in [0.15, 0.2) is 0 Å². The van der Waals surface area contributed by atoms with Gasteiger partial charge in [-0.25, -0.2) is 0 Å². The Kier molecular flexibility index (Phi) is 7.44. The third-order valence-corrected chi connectivity index (χ3v) is 4.55. The molecule has 0 amide bonds. The molecule has 100 valence electrons. The smallest absolute Gasteiger partial charge is 0.139 e. The zero-order valence-electron chi connectivity index (χ0n) is 10.7. The summed E-state index contributed by atoms with van der Waals surface area (Å²) in [5.74, 6) is 1.55. The summed E-state index contributed by atoms with van der Waals surface area (Å²) in [7, 11) is 0. The number of amidine groups is 1. The van der Waals surface area contributed by atoms with Gasteiger partial charge in [-0.05, 0) is 38.0 Å². The number of hydrogen-bond donors (Lipinski definition) is 3. The number of nitrogens with two attached hydrogens (primary N) is 1. The van der Waals surface area contributed by atoms with Gasteiger partial charge in [-0.1, -0.05) is 18.5 Å². The Labute approximate surface area is 108 Å². The first-order valence-electron chi connectivity index (χ1n) is 6.59. The van der Waals surface area contributed by atoms with E-state index in [1.54, 1.807) is 0 Å². The number of nitrogens with zero attached hydrogens (tertiary/aromatic N) is 1. The van der Waals surface area contributed by atoms with E-state index in [-0.39, 0.29) is 0 Å². The molecule has 0 aromatic carbocycles. The van der Waals surface area contributed by atoms with Crippen LogP contribution in [-0.4, -0.2) is 34.6 Å². The molecule has 0 aromatic rings. The van der Waals surface area contributed by atoms with Gasteiger partial charge in [-0.3, -0.25) is 0 Å². The normalized spacial score (nSPS) is 25.4. The predicted molar refractivity (Wildman–Crippen MR) is 74.8 cm³/mol. The number of unbranched alkanes of at least 4 members (excludes halogenated alkanes) is 1. The molecule has 0 radical (unpaired) electrons. The van der Waals surface area contributed by atoms with Crippen molar-refractivity contribution in [1.82, 2.24) is 5.32 Å². The van der Waals surface area contributed by atoms with Crippen LogP contribution in [0, 0.1) is 0 Å². The van der Waals surface area contributed by atoms with E-state index in [9.17, 15) is 0 Å². The molecule has 1 fully saturated rings. The average Bonchev–Trinajstić information content (AvgIpc) is 2.76. The maximum absolute atomic E-state index is 8.40. The highest BCUT2D eigenvalue weighted by molar-refractivity contribution is 7.99. The zero-order chi connectivity index (χ0) is 12.5. The lowest BCUT2D eigenvalue weighted by Gasteiger charge is -2.20. The second-order valence-electron chi connectivity index (χ2n) is 4.53. The lowest BCUT2D eigenvalue weighted by atomic mass is 10.2. The Morgan fingerprint density at radius 1 is 1.47 bits per heavy atom. The molecule has 0 aromatic heterocycles. The second kappa shape index (κ2) is 8.64. The Hall–Kier alpha value is -0.420. The summed E-state index contributed by atoms with van der Waals surface area (Å²) in [6.45, 7) is 3.28. The van der Waals surface area contributed by atoms with Crippen LogP contribution in [0.4, 0.5) is 0 Å². The fourth-order valence-electron chi connectivity index (χ4n) is 2.34. The van der Waals surface area contributed by atoms with Crippen molar-refractivity contribution in [2.45, 2.75) is 56.7 Å². The van der Waals surface area contributed by atoms with Gasteiger partial charge < -0.3 is 16.3 Å². The number of hydrogen-bond acceptors (Lipinski definition) is 4. The highest BCUT2D eigenvalue weighted by atomic mass is 32.2. The molecular weight excluding hydrogens is 234 g/mol. The average molecular weight is 259 g/mol. The summed E-state index contributed by atoms with van der Waals surface area (Å²) < 4.78 is 0. The molecule has 1 rings (SSSR count). The highest BCUT2D eigenvalue weighted by Gasteiger charge is 2.26. The Morgan fingerprint density at radius 3 is 3.00 bits per heavy atom. The molecule has 5 heteroatoms. The van der Waals surface area contributed by atoms with Crippen molar-refractivity contribution in [2.75, 3.05) is 12.3 Å². The quantitative estimate of drug-likeness (QED) is 0.205. The summed E-state index contributed by atoms with van der Waals surface area (Å²) in [6, 6.07) is 0.698. The maximum Gasteiger partial charge on any atom is 0.139 e. The fourth-order valence-corrected chi connectivity index (χ4v) is 3.57. The Balaban J connectivity index is 2.05. The van der Waals surface area contributed by atoms with Crippen LogP contribution in [0.5, 0.6) is 0 Å². The molecule has 0 heterocycles. The van der Waals surface area contributed by atoms with Crippen molar-refractivity contribution < 1.29 is 5.21 Å². The molecule has 2 unspecified atom stereocenters. The Bertz CT molecular complexity index is 236. The molecule has 2 atom stereocenters. The molecule has 1 aliphatic rings. The van der Waals surface area contributed by atoms with E-state index < -0.39 is 0 Å². The van der Waals surface area contributed by atoms with Crippen molar-refractivity contribution in [3.63, 3.8) is 0 Å². The number of rotatable bonds is 8. The van der Waals surface area contributed by atoms with Crippen LogP contribution < -0.4 is 11.1 Å². The van der Waals surface area contributed by atoms with Crippen molar-refractivity contribution in [1.29, 1.82) is 0 Å². The van der Waals surface area contributed by atoms with E-state index in [0.29, 0.717) is 18.3 Å². The molecule has 4 nitrogen and oxygen atoms in total. The Morgan fingerprint density at radius 2 is 2.29 bits per heavy atom. The van der Waals surface area contributed by atoms with E-state index in [1.807, 2.05) is 0 Å². The van der Waals surface area contributed by atoms with E-state index in [1.165, 1.54) is 25.0 Å². The van der Waals surface area contributed by atoms with Crippen molar-refractivity contribution in [2.24, 2.45) is 10.9 Å². The third-order valence-electron chi connectivity index (χ3n) is 3.23. The van der Waals surface area contributed by atoms with Gasteiger partial charge in [-0.2, -0.15) is 11.8 Å². The van der Waals surface area contributed by atoms with Gasteiger partial charge in [0, 0.05) is 17.7 Å². The first-order valence-corrected chi connectivity index (χ1v) is 7.64. The van der Waals surface area contributed by atoms with E-state index in [4.69, 9.17) is 10.9 Å². The molecule has 1 saturated carbocycles. The van der Waals surface area contributed by atoms with Crippen LogP contribution in [0.25, 0.3) is 0 Å². The van der Waals surface area contributed by atoms with Crippen molar-refractivity contribution in [3.05, 3.63) is 0 Å². The van der Waals surface area contributed by atoms with E-state index in [2.05, 4.69) is 29.2 Å². The van der Waals surface area contributed by atoms with Crippen molar-refractivity contribution >= 4 is 17.6 Å². The van der Waals surface area contributed by atoms with Gasteiger partial charge in [-0.15, -0.1) is 0 Å². The van der Waals surface area contributed by atoms with Crippen LogP contribution in [0.15, 0.2) is 5.16 Å². The first-order chi connectivity index (χ1) is 8.27. The minimum atomic E-state index is 0.338. The predicted octanol–water partition coefficient (Wildman–Crippen LogP) is 2.17. The van der Waals surface area contributed by atoms with Gasteiger partial charge in [0.2, 0.25) is 0 Å². The molecule has 0 spiro atoms. The minimum absolute atomic E-state index is 0.338. The summed E-state index contributed by atoms with van der Waals surface area (Å²) in [5, 5.41) is 15.8. The molecule has 17 heavy (non-hydrogen) atoms. The van der Waals surface area contributed by atoms with Gasteiger partial charge in [0.25, 0.3) is 0 Å². The van der Waals surface area contributed by atoms with Crippen LogP contribution >= 0.6 is 11.8 Å². The van der Waals surface area contributed by atoms with Crippen LogP contribution in [0.3, 0.4) is 0 Å². The van der Waals surface area contributed by atoms with Gasteiger partial charge >= 0.3 is 0 Å². The second-order valence-corrected chi connectivity index (χ2v) is 6.05.